The highest BCUT2D eigenvalue weighted by Crippen LogP contribution is 2.32. The molecule has 0 aliphatic carbocycles. The third-order valence-corrected chi connectivity index (χ3v) is 6.80. The van der Waals surface area contributed by atoms with Gasteiger partial charge in [-0.3, -0.25) is 4.90 Å². The van der Waals surface area contributed by atoms with E-state index in [4.69, 9.17) is 4.52 Å². The topological polar surface area (TPSA) is 82.8 Å². The molecular weight excluding hydrogens is 411 g/mol. The first kappa shape index (κ1) is 21.7. The molecule has 1 saturated heterocycles. The maximum atomic E-state index is 12.9. The van der Waals surface area contributed by atoms with Gasteiger partial charge in [0, 0.05) is 45.8 Å². The Bertz CT molecular complexity index is 953. The summed E-state index contributed by atoms with van der Waals surface area (Å²) in [6, 6.07) is 4.44. The van der Waals surface area contributed by atoms with Crippen LogP contribution in [0, 0.1) is 0 Å². The Morgan fingerprint density at radius 3 is 2.41 bits per heavy atom. The molecule has 0 spiro atoms. The maximum Gasteiger partial charge on any atom is 0.416 e. The molecule has 2 aromatic rings. The van der Waals surface area contributed by atoms with Gasteiger partial charge in [0.2, 0.25) is 11.7 Å². The lowest BCUT2D eigenvalue weighted by molar-refractivity contribution is -0.137. The Hall–Kier alpha value is -2.02. The Morgan fingerprint density at radius 1 is 1.17 bits per heavy atom. The van der Waals surface area contributed by atoms with Gasteiger partial charge in [0.05, 0.1) is 11.6 Å². The Kier molecular flexibility index (Phi) is 5.99. The molecule has 0 bridgehead atoms. The van der Waals surface area contributed by atoms with Crippen LogP contribution >= 0.6 is 0 Å². The normalized spacial score (nSPS) is 18.3. The summed E-state index contributed by atoms with van der Waals surface area (Å²) in [5, 5.41) is 3.81. The van der Waals surface area contributed by atoms with Crippen molar-refractivity contribution in [3.63, 3.8) is 0 Å². The average Bonchev–Trinajstić information content (AvgIpc) is 3.17. The van der Waals surface area contributed by atoms with Crippen molar-refractivity contribution in [3.8, 4) is 11.4 Å². The largest absolute Gasteiger partial charge is 0.416 e. The standard InChI is InChI=1S/C17H22F3N5O3S/c1-12(24-7-9-25(10-8-24)29(26,27)23(2)3)16-21-15(22-28-16)13-5-4-6-14(11-13)17(18,19)20/h4-6,11-12H,7-10H2,1-3H3/t12-/m1/s1. The van der Waals surface area contributed by atoms with Crippen LogP contribution in [-0.2, 0) is 16.4 Å². The number of benzene rings is 1. The molecule has 1 atom stereocenters. The van der Waals surface area contributed by atoms with E-state index in [1.165, 1.54) is 34.8 Å². The fourth-order valence-electron chi connectivity index (χ4n) is 3.07. The zero-order valence-corrected chi connectivity index (χ0v) is 17.0. The van der Waals surface area contributed by atoms with E-state index in [9.17, 15) is 21.6 Å². The molecule has 0 amide bonds. The quantitative estimate of drug-likeness (QED) is 0.719. The first-order chi connectivity index (χ1) is 13.5. The molecule has 160 valence electrons. The van der Waals surface area contributed by atoms with Crippen LogP contribution < -0.4 is 0 Å². The lowest BCUT2D eigenvalue weighted by Gasteiger charge is -2.36. The van der Waals surface area contributed by atoms with Crippen LogP contribution in [0.5, 0.6) is 0 Å². The van der Waals surface area contributed by atoms with E-state index >= 15 is 0 Å². The predicted molar refractivity (Wildman–Crippen MR) is 98.9 cm³/mol. The fourth-order valence-corrected chi connectivity index (χ4v) is 4.15. The second kappa shape index (κ2) is 8.01. The van der Waals surface area contributed by atoms with Crippen molar-refractivity contribution in [1.29, 1.82) is 0 Å². The molecular formula is C17H22F3N5O3S. The van der Waals surface area contributed by atoms with Crippen LogP contribution in [0.15, 0.2) is 28.8 Å². The smallest absolute Gasteiger partial charge is 0.337 e. The van der Waals surface area contributed by atoms with Gasteiger partial charge in [-0.1, -0.05) is 17.3 Å². The predicted octanol–water partition coefficient (Wildman–Crippen LogP) is 2.24. The maximum absolute atomic E-state index is 12.9. The lowest BCUT2D eigenvalue weighted by atomic mass is 10.1. The van der Waals surface area contributed by atoms with Crippen molar-refractivity contribution < 1.29 is 26.1 Å². The summed E-state index contributed by atoms with van der Waals surface area (Å²) in [4.78, 5) is 6.24. The molecule has 2 heterocycles. The number of aromatic nitrogens is 2. The van der Waals surface area contributed by atoms with Gasteiger partial charge in [-0.05, 0) is 19.1 Å². The highest BCUT2D eigenvalue weighted by Gasteiger charge is 2.33. The van der Waals surface area contributed by atoms with Gasteiger partial charge < -0.3 is 4.52 Å². The summed E-state index contributed by atoms with van der Waals surface area (Å²) < 4.78 is 71.0. The first-order valence-electron chi connectivity index (χ1n) is 8.93. The second-order valence-corrected chi connectivity index (χ2v) is 9.08. The van der Waals surface area contributed by atoms with Crippen molar-refractivity contribution in [1.82, 2.24) is 23.7 Å². The fraction of sp³-hybridized carbons (Fsp3) is 0.529. The number of alkyl halides is 3. The van der Waals surface area contributed by atoms with Crippen molar-refractivity contribution in [2.24, 2.45) is 0 Å². The van der Waals surface area contributed by atoms with Crippen molar-refractivity contribution >= 4 is 10.2 Å². The first-order valence-corrected chi connectivity index (χ1v) is 10.3. The monoisotopic (exact) mass is 433 g/mol. The minimum absolute atomic E-state index is 0.0757. The van der Waals surface area contributed by atoms with Crippen LogP contribution in [0.3, 0.4) is 0 Å². The molecule has 0 radical (unpaired) electrons. The van der Waals surface area contributed by atoms with E-state index in [1.807, 2.05) is 11.8 Å². The number of nitrogens with zero attached hydrogens (tertiary/aromatic N) is 5. The zero-order valence-electron chi connectivity index (χ0n) is 16.2. The number of hydrogen-bond donors (Lipinski definition) is 0. The van der Waals surface area contributed by atoms with E-state index in [0.29, 0.717) is 26.2 Å². The number of hydrogen-bond acceptors (Lipinski definition) is 6. The molecule has 8 nitrogen and oxygen atoms in total. The molecule has 1 aromatic carbocycles. The summed E-state index contributed by atoms with van der Waals surface area (Å²) in [6.07, 6.45) is -4.46. The van der Waals surface area contributed by atoms with E-state index in [2.05, 4.69) is 10.1 Å². The Balaban J connectivity index is 1.70. The van der Waals surface area contributed by atoms with Gasteiger partial charge in [-0.2, -0.15) is 35.2 Å². The van der Waals surface area contributed by atoms with Crippen molar-refractivity contribution in [2.75, 3.05) is 40.3 Å². The zero-order chi connectivity index (χ0) is 21.4. The third-order valence-electron chi connectivity index (χ3n) is 4.86. The molecule has 29 heavy (non-hydrogen) atoms. The summed E-state index contributed by atoms with van der Waals surface area (Å²) in [6.45, 7) is 3.41. The van der Waals surface area contributed by atoms with Gasteiger partial charge >= 0.3 is 6.18 Å². The molecule has 12 heteroatoms. The Labute approximate surface area is 167 Å². The minimum Gasteiger partial charge on any atom is -0.337 e. The summed E-state index contributed by atoms with van der Waals surface area (Å²) in [5.41, 5.74) is -0.573. The van der Waals surface area contributed by atoms with E-state index < -0.39 is 21.9 Å². The van der Waals surface area contributed by atoms with E-state index in [-0.39, 0.29) is 23.3 Å². The highest BCUT2D eigenvalue weighted by atomic mass is 32.2. The van der Waals surface area contributed by atoms with Gasteiger partial charge in [0.1, 0.15) is 0 Å². The summed E-state index contributed by atoms with van der Waals surface area (Å²) in [7, 11) is -0.497. The minimum atomic E-state index is -4.46. The highest BCUT2D eigenvalue weighted by molar-refractivity contribution is 7.86. The van der Waals surface area contributed by atoms with E-state index in [0.717, 1.165) is 12.1 Å². The summed E-state index contributed by atoms with van der Waals surface area (Å²) >= 11 is 0. The molecule has 1 aliphatic heterocycles. The second-order valence-electron chi connectivity index (χ2n) is 6.94. The van der Waals surface area contributed by atoms with Gasteiger partial charge in [-0.15, -0.1) is 0 Å². The van der Waals surface area contributed by atoms with Gasteiger partial charge in [-0.25, -0.2) is 0 Å². The van der Waals surface area contributed by atoms with Crippen LogP contribution in [0.4, 0.5) is 13.2 Å². The van der Waals surface area contributed by atoms with Crippen LogP contribution in [-0.4, -0.2) is 72.3 Å². The van der Waals surface area contributed by atoms with Crippen LogP contribution in [0.2, 0.25) is 0 Å². The Morgan fingerprint density at radius 2 is 1.83 bits per heavy atom. The summed E-state index contributed by atoms with van der Waals surface area (Å²) in [5.74, 6) is 0.341. The number of halogens is 3. The van der Waals surface area contributed by atoms with E-state index in [1.54, 1.807) is 0 Å². The van der Waals surface area contributed by atoms with Crippen LogP contribution in [0.1, 0.15) is 24.4 Å². The number of rotatable bonds is 5. The van der Waals surface area contributed by atoms with Gasteiger partial charge in [0.25, 0.3) is 10.2 Å². The van der Waals surface area contributed by atoms with Crippen molar-refractivity contribution in [2.45, 2.75) is 19.1 Å². The molecule has 1 aromatic heterocycles. The van der Waals surface area contributed by atoms with Crippen molar-refractivity contribution in [3.05, 3.63) is 35.7 Å². The SMILES string of the molecule is C[C@H](c1nc(-c2cccc(C(F)(F)F)c2)no1)N1CCN(S(=O)(=O)N(C)C)CC1. The average molecular weight is 433 g/mol. The number of piperazine rings is 1. The molecule has 3 rings (SSSR count). The molecule has 0 unspecified atom stereocenters. The van der Waals surface area contributed by atoms with Gasteiger partial charge in [0.15, 0.2) is 0 Å². The third kappa shape index (κ3) is 4.60. The molecule has 1 aliphatic rings. The lowest BCUT2D eigenvalue weighted by Crippen LogP contribution is -2.52. The van der Waals surface area contributed by atoms with Crippen LogP contribution in [0.25, 0.3) is 11.4 Å². The molecule has 0 saturated carbocycles. The molecule has 0 N–H and O–H groups in total. The molecule has 1 fully saturated rings.